The Kier molecular flexibility index (Phi) is 2.93. The minimum Gasteiger partial charge on any atom is -0.365 e. The molecule has 20 heavy (non-hydrogen) atoms. The molecule has 0 aliphatic carbocycles. The zero-order chi connectivity index (χ0) is 13.7. The standard InChI is InChI=1S/C15H20N2O3/c18-14-12-10-4-5-11(20-10)13(12)15(19)17(14)9-8-16-6-2-1-3-7-16/h4-5,10-13H,1-3,6-9H2/t10-,11-,12-,13-/m0/s1. The van der Waals surface area contributed by atoms with Gasteiger partial charge >= 0.3 is 0 Å². The SMILES string of the molecule is O=C1[C@@H]2[C@@H](C(=O)N1CCN1CCCCC1)[C@@H]1C=C[C@@H]2O1. The van der Waals surface area contributed by atoms with E-state index in [1.165, 1.54) is 24.2 Å². The van der Waals surface area contributed by atoms with Crippen molar-refractivity contribution in [1.29, 1.82) is 0 Å². The molecule has 0 N–H and O–H groups in total. The summed E-state index contributed by atoms with van der Waals surface area (Å²) in [5, 5.41) is 0. The van der Waals surface area contributed by atoms with Crippen LogP contribution in [-0.2, 0) is 14.3 Å². The van der Waals surface area contributed by atoms with E-state index in [0.717, 1.165) is 19.6 Å². The Morgan fingerprint density at radius 1 is 0.950 bits per heavy atom. The van der Waals surface area contributed by atoms with Crippen molar-refractivity contribution in [1.82, 2.24) is 9.80 Å². The van der Waals surface area contributed by atoms with Gasteiger partial charge in [0.25, 0.3) is 0 Å². The first-order valence-electron chi connectivity index (χ1n) is 7.67. The van der Waals surface area contributed by atoms with E-state index in [1.54, 1.807) is 0 Å². The Bertz CT molecular complexity index is 440. The van der Waals surface area contributed by atoms with Gasteiger partial charge in [-0.1, -0.05) is 18.6 Å². The van der Waals surface area contributed by atoms with Crippen LogP contribution in [0, 0.1) is 11.8 Å². The fourth-order valence-corrected chi connectivity index (χ4v) is 4.01. The minimum atomic E-state index is -0.251. The molecule has 5 nitrogen and oxygen atoms in total. The van der Waals surface area contributed by atoms with Crippen molar-refractivity contribution in [2.75, 3.05) is 26.2 Å². The van der Waals surface area contributed by atoms with Crippen LogP contribution in [0.3, 0.4) is 0 Å². The van der Waals surface area contributed by atoms with Crippen molar-refractivity contribution < 1.29 is 14.3 Å². The summed E-state index contributed by atoms with van der Waals surface area (Å²) in [6, 6.07) is 0. The van der Waals surface area contributed by atoms with Gasteiger partial charge in [0, 0.05) is 13.1 Å². The quantitative estimate of drug-likeness (QED) is 0.553. The molecule has 0 saturated carbocycles. The third-order valence-electron chi connectivity index (χ3n) is 5.09. The van der Waals surface area contributed by atoms with Crippen LogP contribution in [0.25, 0.3) is 0 Å². The first-order chi connectivity index (χ1) is 9.75. The zero-order valence-electron chi connectivity index (χ0n) is 11.5. The van der Waals surface area contributed by atoms with Gasteiger partial charge in [0.2, 0.25) is 11.8 Å². The third kappa shape index (κ3) is 1.76. The Balaban J connectivity index is 1.42. The van der Waals surface area contributed by atoms with E-state index in [1.807, 2.05) is 12.2 Å². The van der Waals surface area contributed by atoms with E-state index >= 15 is 0 Å². The van der Waals surface area contributed by atoms with Crippen molar-refractivity contribution in [3.63, 3.8) is 0 Å². The highest BCUT2D eigenvalue weighted by atomic mass is 16.5. The molecule has 0 aromatic carbocycles. The van der Waals surface area contributed by atoms with Gasteiger partial charge in [-0.25, -0.2) is 0 Å². The number of rotatable bonds is 3. The molecule has 0 radical (unpaired) electrons. The van der Waals surface area contributed by atoms with Crippen LogP contribution in [0.1, 0.15) is 19.3 Å². The Morgan fingerprint density at radius 2 is 1.55 bits per heavy atom. The number of imide groups is 1. The van der Waals surface area contributed by atoms with E-state index in [2.05, 4.69) is 4.90 Å². The van der Waals surface area contributed by atoms with Crippen LogP contribution in [0.2, 0.25) is 0 Å². The van der Waals surface area contributed by atoms with Crippen LogP contribution >= 0.6 is 0 Å². The van der Waals surface area contributed by atoms with Crippen LogP contribution in [-0.4, -0.2) is 60.0 Å². The highest BCUT2D eigenvalue weighted by molar-refractivity contribution is 6.06. The lowest BCUT2D eigenvalue weighted by Gasteiger charge is -2.28. The summed E-state index contributed by atoms with van der Waals surface area (Å²) in [7, 11) is 0. The number of likely N-dealkylation sites (tertiary alicyclic amines) is 2. The summed E-state index contributed by atoms with van der Waals surface area (Å²) in [4.78, 5) is 28.7. The number of ether oxygens (including phenoxy) is 1. The van der Waals surface area contributed by atoms with Gasteiger partial charge in [-0.2, -0.15) is 0 Å². The van der Waals surface area contributed by atoms with E-state index in [0.29, 0.717) is 6.54 Å². The highest BCUT2D eigenvalue weighted by Gasteiger charge is 2.60. The molecule has 3 fully saturated rings. The number of hydrogen-bond donors (Lipinski definition) is 0. The monoisotopic (exact) mass is 276 g/mol. The van der Waals surface area contributed by atoms with Crippen molar-refractivity contribution in [3.05, 3.63) is 12.2 Å². The Labute approximate surface area is 118 Å². The van der Waals surface area contributed by atoms with Gasteiger partial charge in [-0.05, 0) is 25.9 Å². The molecule has 4 aliphatic rings. The van der Waals surface area contributed by atoms with Crippen LogP contribution in [0.5, 0.6) is 0 Å². The van der Waals surface area contributed by atoms with Gasteiger partial charge in [0.15, 0.2) is 0 Å². The number of hydrogen-bond acceptors (Lipinski definition) is 4. The predicted octanol–water partition coefficient (Wildman–Crippen LogP) is 0.411. The van der Waals surface area contributed by atoms with Crippen LogP contribution < -0.4 is 0 Å². The molecule has 2 amide bonds. The summed E-state index contributed by atoms with van der Waals surface area (Å²) < 4.78 is 5.63. The van der Waals surface area contributed by atoms with E-state index in [4.69, 9.17) is 4.74 Å². The average Bonchev–Trinajstić information content (AvgIpc) is 3.13. The second kappa shape index (κ2) is 4.67. The van der Waals surface area contributed by atoms with Gasteiger partial charge in [0.05, 0.1) is 24.0 Å². The largest absolute Gasteiger partial charge is 0.365 e. The van der Waals surface area contributed by atoms with Crippen molar-refractivity contribution in [3.8, 4) is 0 Å². The van der Waals surface area contributed by atoms with Crippen molar-refractivity contribution >= 4 is 11.8 Å². The molecular weight excluding hydrogens is 256 g/mol. The number of piperidine rings is 1. The molecule has 4 heterocycles. The second-order valence-corrected chi connectivity index (χ2v) is 6.23. The molecule has 4 rings (SSSR count). The summed E-state index contributed by atoms with van der Waals surface area (Å²) in [6.45, 7) is 3.56. The molecule has 5 heteroatoms. The number of fused-ring (bicyclic) bond motifs is 5. The molecule has 0 spiro atoms. The molecule has 0 aromatic heterocycles. The Hall–Kier alpha value is -1.20. The molecular formula is C15H20N2O3. The molecule has 108 valence electrons. The van der Waals surface area contributed by atoms with Crippen molar-refractivity contribution in [2.24, 2.45) is 11.8 Å². The highest BCUT2D eigenvalue weighted by Crippen LogP contribution is 2.44. The summed E-state index contributed by atoms with van der Waals surface area (Å²) in [5.74, 6) is -0.541. The summed E-state index contributed by atoms with van der Waals surface area (Å²) >= 11 is 0. The lowest BCUT2D eigenvalue weighted by Crippen LogP contribution is -2.42. The molecule has 4 aliphatic heterocycles. The Morgan fingerprint density at radius 3 is 2.15 bits per heavy atom. The van der Waals surface area contributed by atoms with E-state index in [-0.39, 0.29) is 35.9 Å². The zero-order valence-corrected chi connectivity index (χ0v) is 11.5. The number of nitrogens with zero attached hydrogens (tertiary/aromatic N) is 2. The van der Waals surface area contributed by atoms with E-state index < -0.39 is 0 Å². The maximum absolute atomic E-state index is 12.4. The average molecular weight is 276 g/mol. The maximum atomic E-state index is 12.4. The fraction of sp³-hybridized carbons (Fsp3) is 0.733. The number of carbonyl (C=O) groups is 2. The van der Waals surface area contributed by atoms with Crippen molar-refractivity contribution in [2.45, 2.75) is 31.5 Å². The van der Waals surface area contributed by atoms with Crippen LogP contribution in [0.4, 0.5) is 0 Å². The lowest BCUT2D eigenvalue weighted by molar-refractivity contribution is -0.142. The summed E-state index contributed by atoms with van der Waals surface area (Å²) in [6.07, 6.45) is 7.30. The third-order valence-corrected chi connectivity index (χ3v) is 5.09. The smallest absolute Gasteiger partial charge is 0.236 e. The number of carbonyl (C=O) groups excluding carboxylic acids is 2. The molecule has 4 atom stereocenters. The van der Waals surface area contributed by atoms with Gasteiger partial charge in [0.1, 0.15) is 0 Å². The topological polar surface area (TPSA) is 49.9 Å². The first kappa shape index (κ1) is 12.5. The molecule has 3 saturated heterocycles. The predicted molar refractivity (Wildman–Crippen MR) is 71.8 cm³/mol. The van der Waals surface area contributed by atoms with Gasteiger partial charge in [-0.3, -0.25) is 14.5 Å². The molecule has 2 bridgehead atoms. The van der Waals surface area contributed by atoms with Crippen LogP contribution in [0.15, 0.2) is 12.2 Å². The summed E-state index contributed by atoms with van der Waals surface area (Å²) in [5.41, 5.74) is 0. The van der Waals surface area contributed by atoms with E-state index in [9.17, 15) is 9.59 Å². The number of amides is 2. The second-order valence-electron chi connectivity index (χ2n) is 6.23. The fourth-order valence-electron chi connectivity index (χ4n) is 4.01. The maximum Gasteiger partial charge on any atom is 0.236 e. The lowest BCUT2D eigenvalue weighted by atomic mass is 9.85. The van der Waals surface area contributed by atoms with Gasteiger partial charge in [-0.15, -0.1) is 0 Å². The normalized spacial score (nSPS) is 39.9. The van der Waals surface area contributed by atoms with Gasteiger partial charge < -0.3 is 9.64 Å². The minimum absolute atomic E-state index is 0.0196. The molecule has 0 unspecified atom stereocenters. The first-order valence-corrected chi connectivity index (χ1v) is 7.67. The molecule has 0 aromatic rings.